The van der Waals surface area contributed by atoms with Gasteiger partial charge in [-0.05, 0) is 36.2 Å². The lowest BCUT2D eigenvalue weighted by Gasteiger charge is -2.17. The molecule has 6 heteroatoms. The molecule has 0 bridgehead atoms. The molecule has 0 spiro atoms. The number of halogens is 2. The van der Waals surface area contributed by atoms with Crippen molar-refractivity contribution in [2.45, 2.75) is 12.5 Å². The molecular weight excluding hydrogens is 360 g/mol. The number of amides is 1. The molecule has 0 radical (unpaired) electrons. The lowest BCUT2D eigenvalue weighted by Crippen LogP contribution is -2.31. The number of imidazole rings is 1. The highest BCUT2D eigenvalue weighted by Crippen LogP contribution is 2.21. The van der Waals surface area contributed by atoms with Gasteiger partial charge < -0.3 is 10.3 Å². The minimum atomic E-state index is -0.902. The molecule has 1 atom stereocenters. The molecule has 4 nitrogen and oxygen atoms in total. The number of para-hydroxylation sites is 2. The number of carbonyl (C=O) groups is 1. The molecule has 0 aliphatic heterocycles. The van der Waals surface area contributed by atoms with Crippen LogP contribution in [0.4, 0.5) is 8.78 Å². The third-order valence-corrected chi connectivity index (χ3v) is 4.50. The van der Waals surface area contributed by atoms with E-state index in [-0.39, 0.29) is 5.56 Å². The largest absolute Gasteiger partial charge is 0.342 e. The first-order chi connectivity index (χ1) is 13.6. The molecule has 1 aromatic heterocycles. The van der Waals surface area contributed by atoms with Crippen LogP contribution in [-0.2, 0) is 6.42 Å². The lowest BCUT2D eigenvalue weighted by molar-refractivity contribution is 0.0930. The van der Waals surface area contributed by atoms with Gasteiger partial charge in [-0.25, -0.2) is 13.8 Å². The van der Waals surface area contributed by atoms with Crippen LogP contribution < -0.4 is 5.32 Å². The Hall–Kier alpha value is -3.54. The Balaban J connectivity index is 1.67. The van der Waals surface area contributed by atoms with E-state index in [0.29, 0.717) is 18.3 Å². The second-order valence-corrected chi connectivity index (χ2v) is 6.48. The van der Waals surface area contributed by atoms with E-state index < -0.39 is 23.6 Å². The monoisotopic (exact) mass is 377 g/mol. The summed E-state index contributed by atoms with van der Waals surface area (Å²) in [6.07, 6.45) is 0.467. The molecule has 2 N–H and O–H groups in total. The number of rotatable bonds is 5. The Kier molecular flexibility index (Phi) is 4.85. The summed E-state index contributed by atoms with van der Waals surface area (Å²) in [6, 6.07) is 19.5. The molecule has 0 saturated carbocycles. The number of aromatic nitrogens is 2. The van der Waals surface area contributed by atoms with Crippen molar-refractivity contribution in [3.05, 3.63) is 101 Å². The highest BCUT2D eigenvalue weighted by molar-refractivity contribution is 5.94. The van der Waals surface area contributed by atoms with Gasteiger partial charge >= 0.3 is 0 Å². The quantitative estimate of drug-likeness (QED) is 0.536. The van der Waals surface area contributed by atoms with Gasteiger partial charge in [0.2, 0.25) is 0 Å². The predicted molar refractivity (Wildman–Crippen MR) is 103 cm³/mol. The van der Waals surface area contributed by atoms with E-state index in [1.54, 1.807) is 0 Å². The first-order valence-corrected chi connectivity index (χ1v) is 8.84. The van der Waals surface area contributed by atoms with Crippen molar-refractivity contribution in [2.24, 2.45) is 0 Å². The van der Waals surface area contributed by atoms with Crippen molar-refractivity contribution in [3.8, 4) is 0 Å². The molecule has 0 fully saturated rings. The molecule has 0 aliphatic rings. The Bertz CT molecular complexity index is 1090. The highest BCUT2D eigenvalue weighted by atomic mass is 19.1. The summed E-state index contributed by atoms with van der Waals surface area (Å²) in [5.41, 5.74) is 2.40. The standard InChI is InChI=1S/C22H17F2N3O/c23-15-10-11-16(17(24)13-15)22(28)27-20(12-14-6-2-1-3-7-14)21-25-18-8-4-5-9-19(18)26-21/h1-11,13,20H,12H2,(H,25,26)(H,27,28). The minimum absolute atomic E-state index is 0.212. The van der Waals surface area contributed by atoms with Crippen molar-refractivity contribution in [1.82, 2.24) is 15.3 Å². The van der Waals surface area contributed by atoms with Gasteiger partial charge in [-0.15, -0.1) is 0 Å². The Morgan fingerprint density at radius 1 is 1.00 bits per heavy atom. The zero-order chi connectivity index (χ0) is 19.5. The second kappa shape index (κ2) is 7.60. The topological polar surface area (TPSA) is 57.8 Å². The molecule has 4 aromatic rings. The van der Waals surface area contributed by atoms with Gasteiger partial charge in [-0.1, -0.05) is 42.5 Å². The van der Waals surface area contributed by atoms with Gasteiger partial charge in [0.05, 0.1) is 22.6 Å². The predicted octanol–water partition coefficient (Wildman–Crippen LogP) is 4.55. The van der Waals surface area contributed by atoms with E-state index >= 15 is 0 Å². The average molecular weight is 377 g/mol. The number of nitrogens with zero attached hydrogens (tertiary/aromatic N) is 1. The number of aromatic amines is 1. The van der Waals surface area contributed by atoms with Crippen LogP contribution >= 0.6 is 0 Å². The average Bonchev–Trinajstić information content (AvgIpc) is 3.12. The van der Waals surface area contributed by atoms with Crippen molar-refractivity contribution < 1.29 is 13.6 Å². The summed E-state index contributed by atoms with van der Waals surface area (Å²) in [7, 11) is 0. The van der Waals surface area contributed by atoms with Crippen LogP contribution in [-0.4, -0.2) is 15.9 Å². The summed E-state index contributed by atoms with van der Waals surface area (Å²) in [5.74, 6) is -1.69. The van der Waals surface area contributed by atoms with E-state index in [1.165, 1.54) is 0 Å². The zero-order valence-corrected chi connectivity index (χ0v) is 14.8. The van der Waals surface area contributed by atoms with Crippen LogP contribution in [0.3, 0.4) is 0 Å². The van der Waals surface area contributed by atoms with Crippen molar-refractivity contribution in [2.75, 3.05) is 0 Å². The summed E-state index contributed by atoms with van der Waals surface area (Å²) in [6.45, 7) is 0. The van der Waals surface area contributed by atoms with Crippen LogP contribution in [0.15, 0.2) is 72.8 Å². The molecule has 1 amide bonds. The number of H-pyrrole nitrogens is 1. The smallest absolute Gasteiger partial charge is 0.254 e. The fourth-order valence-electron chi connectivity index (χ4n) is 3.11. The molecule has 0 aliphatic carbocycles. The maximum absolute atomic E-state index is 14.0. The molecule has 0 saturated heterocycles. The normalized spacial score (nSPS) is 12.1. The highest BCUT2D eigenvalue weighted by Gasteiger charge is 2.21. The van der Waals surface area contributed by atoms with E-state index in [4.69, 9.17) is 0 Å². The number of benzene rings is 3. The van der Waals surface area contributed by atoms with Crippen molar-refractivity contribution >= 4 is 16.9 Å². The Labute approximate surface area is 160 Å². The maximum atomic E-state index is 14.0. The van der Waals surface area contributed by atoms with Gasteiger partial charge in [-0.2, -0.15) is 0 Å². The Morgan fingerprint density at radius 2 is 1.75 bits per heavy atom. The van der Waals surface area contributed by atoms with E-state index in [1.807, 2.05) is 54.6 Å². The fourth-order valence-corrected chi connectivity index (χ4v) is 3.11. The van der Waals surface area contributed by atoms with Crippen molar-refractivity contribution in [3.63, 3.8) is 0 Å². The fraction of sp³-hybridized carbons (Fsp3) is 0.0909. The summed E-state index contributed by atoms with van der Waals surface area (Å²) in [4.78, 5) is 20.4. The van der Waals surface area contributed by atoms with Gasteiger partial charge in [-0.3, -0.25) is 4.79 Å². The molecule has 140 valence electrons. The number of hydrogen-bond acceptors (Lipinski definition) is 2. The third kappa shape index (κ3) is 3.76. The number of fused-ring (bicyclic) bond motifs is 1. The maximum Gasteiger partial charge on any atom is 0.254 e. The summed E-state index contributed by atoms with van der Waals surface area (Å²) >= 11 is 0. The van der Waals surface area contributed by atoms with Crippen LogP contribution in [0.25, 0.3) is 11.0 Å². The zero-order valence-electron chi connectivity index (χ0n) is 14.8. The number of nitrogens with one attached hydrogen (secondary N) is 2. The van der Waals surface area contributed by atoms with E-state index in [0.717, 1.165) is 28.7 Å². The van der Waals surface area contributed by atoms with Crippen LogP contribution in [0, 0.1) is 11.6 Å². The van der Waals surface area contributed by atoms with Crippen molar-refractivity contribution in [1.29, 1.82) is 0 Å². The molecule has 4 rings (SSSR count). The lowest BCUT2D eigenvalue weighted by atomic mass is 10.0. The first kappa shape index (κ1) is 17.9. The number of carbonyl (C=O) groups excluding carboxylic acids is 1. The first-order valence-electron chi connectivity index (χ1n) is 8.84. The third-order valence-electron chi connectivity index (χ3n) is 4.50. The summed E-state index contributed by atoms with van der Waals surface area (Å²) in [5, 5.41) is 2.82. The van der Waals surface area contributed by atoms with Crippen LogP contribution in [0.2, 0.25) is 0 Å². The van der Waals surface area contributed by atoms with Gasteiger partial charge in [0, 0.05) is 6.07 Å². The molecule has 1 heterocycles. The van der Waals surface area contributed by atoms with Crippen LogP contribution in [0.5, 0.6) is 0 Å². The second-order valence-electron chi connectivity index (χ2n) is 6.48. The molecule has 28 heavy (non-hydrogen) atoms. The van der Waals surface area contributed by atoms with E-state index in [2.05, 4.69) is 15.3 Å². The SMILES string of the molecule is O=C(NC(Cc1ccccc1)c1nc2ccccc2[nH]1)c1ccc(F)cc1F. The molecule has 3 aromatic carbocycles. The van der Waals surface area contributed by atoms with Gasteiger partial charge in [0.15, 0.2) is 0 Å². The van der Waals surface area contributed by atoms with Gasteiger partial charge in [0.25, 0.3) is 5.91 Å². The molecule has 1 unspecified atom stereocenters. The summed E-state index contributed by atoms with van der Waals surface area (Å²) < 4.78 is 27.2. The minimum Gasteiger partial charge on any atom is -0.342 e. The Morgan fingerprint density at radius 3 is 2.50 bits per heavy atom. The van der Waals surface area contributed by atoms with E-state index in [9.17, 15) is 13.6 Å². The molecular formula is C22H17F2N3O. The van der Waals surface area contributed by atoms with Gasteiger partial charge in [0.1, 0.15) is 17.5 Å². The van der Waals surface area contributed by atoms with Crippen LogP contribution in [0.1, 0.15) is 27.8 Å². The number of hydrogen-bond donors (Lipinski definition) is 2.